The molecule has 2 N–H and O–H groups in total. The number of aliphatic hydroxyl groups is 1. The van der Waals surface area contributed by atoms with Crippen LogP contribution < -0.4 is 5.32 Å². The predicted molar refractivity (Wildman–Crippen MR) is 73.5 cm³/mol. The molecule has 0 aliphatic rings. The lowest BCUT2D eigenvalue weighted by Gasteiger charge is -2.18. The number of aliphatic hydroxyl groups excluding tert-OH is 1. The number of hydrogen-bond donors (Lipinski definition) is 2. The number of alkyl halides is 3. The molecule has 0 saturated carbocycles. The second kappa shape index (κ2) is 6.47. The summed E-state index contributed by atoms with van der Waals surface area (Å²) in [6.45, 7) is 5.72. The van der Waals surface area contributed by atoms with Crippen LogP contribution in [0.3, 0.4) is 0 Å². The Balaban J connectivity index is 2.56. The van der Waals surface area contributed by atoms with Crippen LogP contribution in [0.4, 0.5) is 13.2 Å². The average molecular weight is 303 g/mol. The minimum atomic E-state index is -4.40. The van der Waals surface area contributed by atoms with Crippen LogP contribution in [0.2, 0.25) is 0 Å². The summed E-state index contributed by atoms with van der Waals surface area (Å²) in [6.07, 6.45) is -5.12. The van der Waals surface area contributed by atoms with E-state index in [1.165, 1.54) is 12.1 Å². The Morgan fingerprint density at radius 1 is 1.19 bits per heavy atom. The molecule has 1 aromatic carbocycles. The summed E-state index contributed by atoms with van der Waals surface area (Å²) in [7, 11) is 0. The summed E-state index contributed by atoms with van der Waals surface area (Å²) in [5.74, 6) is -0.200. The fourth-order valence-corrected chi connectivity index (χ4v) is 1.77. The number of hydrogen-bond acceptors (Lipinski definition) is 2. The quantitative estimate of drug-likeness (QED) is 0.896. The number of amides is 1. The van der Waals surface area contributed by atoms with Gasteiger partial charge >= 0.3 is 6.18 Å². The van der Waals surface area contributed by atoms with E-state index in [4.69, 9.17) is 0 Å². The zero-order valence-corrected chi connectivity index (χ0v) is 12.3. The van der Waals surface area contributed by atoms with E-state index >= 15 is 0 Å². The molecule has 0 aliphatic carbocycles. The van der Waals surface area contributed by atoms with Gasteiger partial charge in [-0.15, -0.1) is 0 Å². The summed E-state index contributed by atoms with van der Waals surface area (Å²) in [5.41, 5.74) is -0.599. The smallest absolute Gasteiger partial charge is 0.387 e. The summed E-state index contributed by atoms with van der Waals surface area (Å²) < 4.78 is 37.2. The van der Waals surface area contributed by atoms with Crippen molar-refractivity contribution in [2.45, 2.75) is 39.5 Å². The first-order valence-corrected chi connectivity index (χ1v) is 6.61. The van der Waals surface area contributed by atoms with E-state index in [0.717, 1.165) is 12.1 Å². The van der Waals surface area contributed by atoms with Crippen molar-refractivity contribution in [3.63, 3.8) is 0 Å². The highest BCUT2D eigenvalue weighted by Gasteiger charge is 2.30. The number of nitrogens with one attached hydrogen (secondary N) is 1. The SMILES string of the molecule is CC(C)(C)CC(=O)NCC(O)c1ccc(C(F)(F)F)cc1. The van der Waals surface area contributed by atoms with Crippen LogP contribution in [0.25, 0.3) is 0 Å². The molecule has 0 spiro atoms. The number of halogens is 3. The molecule has 0 heterocycles. The largest absolute Gasteiger partial charge is 0.416 e. The molecule has 1 aromatic rings. The Morgan fingerprint density at radius 3 is 2.14 bits per heavy atom. The van der Waals surface area contributed by atoms with Gasteiger partial charge in [-0.05, 0) is 23.1 Å². The summed E-state index contributed by atoms with van der Waals surface area (Å²) in [4.78, 5) is 11.6. The van der Waals surface area contributed by atoms with Gasteiger partial charge < -0.3 is 10.4 Å². The third-order valence-corrected chi connectivity index (χ3v) is 2.81. The highest BCUT2D eigenvalue weighted by Crippen LogP contribution is 2.29. The minimum Gasteiger partial charge on any atom is -0.387 e. The minimum absolute atomic E-state index is 0.0275. The zero-order chi connectivity index (χ0) is 16.3. The summed E-state index contributed by atoms with van der Waals surface area (Å²) in [6, 6.07) is 4.25. The molecular formula is C15H20F3NO2. The lowest BCUT2D eigenvalue weighted by Crippen LogP contribution is -2.31. The molecule has 1 unspecified atom stereocenters. The molecule has 0 aromatic heterocycles. The zero-order valence-electron chi connectivity index (χ0n) is 12.3. The van der Waals surface area contributed by atoms with Crippen molar-refractivity contribution in [3.05, 3.63) is 35.4 Å². The van der Waals surface area contributed by atoms with Gasteiger partial charge in [0, 0.05) is 13.0 Å². The van der Waals surface area contributed by atoms with Crippen molar-refractivity contribution in [3.8, 4) is 0 Å². The molecule has 0 radical (unpaired) electrons. The molecule has 6 heteroatoms. The Morgan fingerprint density at radius 2 is 1.71 bits per heavy atom. The Hall–Kier alpha value is -1.56. The normalized spacial score (nSPS) is 13.9. The Labute approximate surface area is 122 Å². The van der Waals surface area contributed by atoms with Crippen LogP contribution in [0, 0.1) is 5.41 Å². The van der Waals surface area contributed by atoms with E-state index in [2.05, 4.69) is 5.32 Å². The van der Waals surface area contributed by atoms with Crippen LogP contribution in [-0.2, 0) is 11.0 Å². The Kier molecular flexibility index (Phi) is 5.39. The van der Waals surface area contributed by atoms with Crippen LogP contribution in [-0.4, -0.2) is 17.6 Å². The molecule has 118 valence electrons. The number of rotatable bonds is 4. The average Bonchev–Trinajstić information content (AvgIpc) is 2.33. The first kappa shape index (κ1) is 17.5. The van der Waals surface area contributed by atoms with Crippen LogP contribution in [0.15, 0.2) is 24.3 Å². The van der Waals surface area contributed by atoms with Gasteiger partial charge in [-0.3, -0.25) is 4.79 Å². The molecule has 21 heavy (non-hydrogen) atoms. The van der Waals surface area contributed by atoms with Crippen molar-refractivity contribution >= 4 is 5.91 Å². The number of benzene rings is 1. The summed E-state index contributed by atoms with van der Waals surface area (Å²) >= 11 is 0. The van der Waals surface area contributed by atoms with E-state index in [1.54, 1.807) is 0 Å². The van der Waals surface area contributed by atoms with Gasteiger partial charge in [-0.25, -0.2) is 0 Å². The summed E-state index contributed by atoms with van der Waals surface area (Å²) in [5, 5.41) is 12.4. The third kappa shape index (κ3) is 6.16. The van der Waals surface area contributed by atoms with Crippen molar-refractivity contribution in [1.29, 1.82) is 0 Å². The van der Waals surface area contributed by atoms with Crippen LogP contribution in [0.1, 0.15) is 44.4 Å². The van der Waals surface area contributed by atoms with Crippen LogP contribution >= 0.6 is 0 Å². The third-order valence-electron chi connectivity index (χ3n) is 2.81. The first-order valence-electron chi connectivity index (χ1n) is 6.61. The first-order chi connectivity index (χ1) is 9.49. The molecule has 3 nitrogen and oxygen atoms in total. The molecule has 1 amide bonds. The molecule has 0 fully saturated rings. The lowest BCUT2D eigenvalue weighted by molar-refractivity contribution is -0.137. The molecule has 1 rings (SSSR count). The van der Waals surface area contributed by atoms with Crippen molar-refractivity contribution < 1.29 is 23.1 Å². The van der Waals surface area contributed by atoms with Gasteiger partial charge in [0.2, 0.25) is 5.91 Å². The fraction of sp³-hybridized carbons (Fsp3) is 0.533. The highest BCUT2D eigenvalue weighted by molar-refractivity contribution is 5.76. The molecule has 0 aliphatic heterocycles. The van der Waals surface area contributed by atoms with E-state index in [9.17, 15) is 23.1 Å². The molecule has 0 saturated heterocycles. The van der Waals surface area contributed by atoms with Gasteiger partial charge in [0.05, 0.1) is 11.7 Å². The maximum absolute atomic E-state index is 12.4. The van der Waals surface area contributed by atoms with Gasteiger partial charge in [0.25, 0.3) is 0 Å². The predicted octanol–water partition coefficient (Wildman–Crippen LogP) is 3.29. The van der Waals surface area contributed by atoms with Crippen LogP contribution in [0.5, 0.6) is 0 Å². The number of carbonyl (C=O) groups is 1. The highest BCUT2D eigenvalue weighted by atomic mass is 19.4. The van der Waals surface area contributed by atoms with Crippen molar-refractivity contribution in [1.82, 2.24) is 5.32 Å². The van der Waals surface area contributed by atoms with Gasteiger partial charge in [-0.1, -0.05) is 32.9 Å². The molecular weight excluding hydrogens is 283 g/mol. The lowest BCUT2D eigenvalue weighted by atomic mass is 9.92. The van der Waals surface area contributed by atoms with E-state index in [0.29, 0.717) is 12.0 Å². The topological polar surface area (TPSA) is 49.3 Å². The molecule has 1 atom stereocenters. The van der Waals surface area contributed by atoms with Gasteiger partial charge in [-0.2, -0.15) is 13.2 Å². The van der Waals surface area contributed by atoms with E-state index in [1.807, 2.05) is 20.8 Å². The van der Waals surface area contributed by atoms with Gasteiger partial charge in [0.15, 0.2) is 0 Å². The van der Waals surface area contributed by atoms with Gasteiger partial charge in [0.1, 0.15) is 0 Å². The second-order valence-electron chi connectivity index (χ2n) is 6.18. The van der Waals surface area contributed by atoms with Crippen molar-refractivity contribution in [2.75, 3.05) is 6.54 Å². The maximum atomic E-state index is 12.4. The van der Waals surface area contributed by atoms with Crippen molar-refractivity contribution in [2.24, 2.45) is 5.41 Å². The molecule has 0 bridgehead atoms. The Bertz CT molecular complexity index is 475. The monoisotopic (exact) mass is 303 g/mol. The number of carbonyl (C=O) groups excluding carboxylic acids is 1. The fourth-order valence-electron chi connectivity index (χ4n) is 1.77. The van der Waals surface area contributed by atoms with E-state index < -0.39 is 17.8 Å². The van der Waals surface area contributed by atoms with E-state index in [-0.39, 0.29) is 17.9 Å². The maximum Gasteiger partial charge on any atom is 0.416 e. The standard InChI is InChI=1S/C15H20F3NO2/c1-14(2,3)8-13(21)19-9-12(20)10-4-6-11(7-5-10)15(16,17)18/h4-7,12,20H,8-9H2,1-3H3,(H,19,21). The second-order valence-corrected chi connectivity index (χ2v) is 6.18.